The molecule has 0 aliphatic carbocycles. The molecule has 0 unspecified atom stereocenters. The Hall–Kier alpha value is -1.29. The highest BCUT2D eigenvalue weighted by molar-refractivity contribution is 9.10. The second-order valence-corrected chi connectivity index (χ2v) is 4.50. The summed E-state index contributed by atoms with van der Waals surface area (Å²) < 4.78 is 1.00. The summed E-state index contributed by atoms with van der Waals surface area (Å²) in [4.78, 5) is 14.8. The SMILES string of the molecule is O=C1NCCc2c1[nH]c1c(Br)cccc21. The minimum Gasteiger partial charge on any atom is -0.350 e. The van der Waals surface area contributed by atoms with Crippen LogP contribution in [0.2, 0.25) is 0 Å². The molecular formula is C11H9BrN2O. The fourth-order valence-corrected chi connectivity index (χ4v) is 2.55. The number of aromatic nitrogens is 1. The number of H-pyrrole nitrogens is 1. The Balaban J connectivity index is 2.40. The quantitative estimate of drug-likeness (QED) is 0.753. The zero-order chi connectivity index (χ0) is 10.4. The molecule has 1 aliphatic rings. The van der Waals surface area contributed by atoms with E-state index in [0.29, 0.717) is 5.69 Å². The minimum atomic E-state index is -0.000602. The summed E-state index contributed by atoms with van der Waals surface area (Å²) in [7, 11) is 0. The van der Waals surface area contributed by atoms with Crippen LogP contribution in [0.25, 0.3) is 10.9 Å². The van der Waals surface area contributed by atoms with Gasteiger partial charge in [-0.15, -0.1) is 0 Å². The number of para-hydroxylation sites is 1. The van der Waals surface area contributed by atoms with E-state index in [1.54, 1.807) is 0 Å². The number of hydrogen-bond donors (Lipinski definition) is 2. The fourth-order valence-electron chi connectivity index (χ4n) is 2.08. The van der Waals surface area contributed by atoms with Crippen molar-refractivity contribution in [3.8, 4) is 0 Å². The molecule has 0 saturated heterocycles. The predicted octanol–water partition coefficient (Wildman–Crippen LogP) is 2.22. The number of halogens is 1. The summed E-state index contributed by atoms with van der Waals surface area (Å²) in [5.74, 6) is -0.000602. The molecule has 4 heteroatoms. The van der Waals surface area contributed by atoms with Gasteiger partial charge in [0.05, 0.1) is 5.52 Å². The van der Waals surface area contributed by atoms with Crippen molar-refractivity contribution in [3.63, 3.8) is 0 Å². The van der Waals surface area contributed by atoms with E-state index in [1.807, 2.05) is 18.2 Å². The number of hydrogen-bond acceptors (Lipinski definition) is 1. The molecule has 1 amide bonds. The van der Waals surface area contributed by atoms with Gasteiger partial charge in [-0.2, -0.15) is 0 Å². The number of fused-ring (bicyclic) bond motifs is 3. The minimum absolute atomic E-state index is 0.000602. The summed E-state index contributed by atoms with van der Waals surface area (Å²) in [6.07, 6.45) is 0.900. The zero-order valence-electron chi connectivity index (χ0n) is 7.93. The third kappa shape index (κ3) is 1.21. The third-order valence-electron chi connectivity index (χ3n) is 2.78. The molecule has 1 aromatic carbocycles. The number of carbonyl (C=O) groups excluding carboxylic acids is 1. The van der Waals surface area contributed by atoms with Crippen LogP contribution in [0.4, 0.5) is 0 Å². The Kier molecular flexibility index (Phi) is 1.85. The first-order valence-electron chi connectivity index (χ1n) is 4.84. The molecule has 0 spiro atoms. The lowest BCUT2D eigenvalue weighted by molar-refractivity contribution is 0.0942. The van der Waals surface area contributed by atoms with Crippen molar-refractivity contribution in [2.45, 2.75) is 6.42 Å². The number of benzene rings is 1. The Morgan fingerprint density at radius 1 is 1.33 bits per heavy atom. The molecular weight excluding hydrogens is 256 g/mol. The normalized spacial score (nSPS) is 15.1. The molecule has 1 aliphatic heterocycles. The van der Waals surface area contributed by atoms with Crippen LogP contribution in [0.15, 0.2) is 22.7 Å². The van der Waals surface area contributed by atoms with Gasteiger partial charge in [0.25, 0.3) is 5.91 Å². The third-order valence-corrected chi connectivity index (χ3v) is 3.44. The van der Waals surface area contributed by atoms with Gasteiger partial charge in [-0.1, -0.05) is 12.1 Å². The van der Waals surface area contributed by atoms with Crippen molar-refractivity contribution < 1.29 is 4.79 Å². The summed E-state index contributed by atoms with van der Waals surface area (Å²) in [6, 6.07) is 6.02. The van der Waals surface area contributed by atoms with E-state index in [9.17, 15) is 4.79 Å². The van der Waals surface area contributed by atoms with Gasteiger partial charge >= 0.3 is 0 Å². The van der Waals surface area contributed by atoms with Crippen molar-refractivity contribution in [2.24, 2.45) is 0 Å². The van der Waals surface area contributed by atoms with Crippen molar-refractivity contribution in [1.29, 1.82) is 0 Å². The van der Waals surface area contributed by atoms with Crippen LogP contribution in [0.3, 0.4) is 0 Å². The Morgan fingerprint density at radius 3 is 3.07 bits per heavy atom. The van der Waals surface area contributed by atoms with E-state index in [1.165, 1.54) is 0 Å². The van der Waals surface area contributed by atoms with Crippen LogP contribution in [-0.4, -0.2) is 17.4 Å². The lowest BCUT2D eigenvalue weighted by atomic mass is 10.0. The van der Waals surface area contributed by atoms with Crippen LogP contribution < -0.4 is 5.32 Å². The van der Waals surface area contributed by atoms with Crippen LogP contribution in [-0.2, 0) is 6.42 Å². The summed E-state index contributed by atoms with van der Waals surface area (Å²) in [5, 5.41) is 3.98. The number of amides is 1. The second-order valence-electron chi connectivity index (χ2n) is 3.65. The predicted molar refractivity (Wildman–Crippen MR) is 62.0 cm³/mol. The Morgan fingerprint density at radius 2 is 2.20 bits per heavy atom. The summed E-state index contributed by atoms with van der Waals surface area (Å²) in [6.45, 7) is 0.727. The van der Waals surface area contributed by atoms with Gasteiger partial charge in [0.15, 0.2) is 0 Å². The van der Waals surface area contributed by atoms with E-state index < -0.39 is 0 Å². The van der Waals surface area contributed by atoms with Crippen molar-refractivity contribution in [1.82, 2.24) is 10.3 Å². The maximum Gasteiger partial charge on any atom is 0.268 e. The van der Waals surface area contributed by atoms with Crippen molar-refractivity contribution in [2.75, 3.05) is 6.54 Å². The summed E-state index contributed by atoms with van der Waals surface area (Å²) in [5.41, 5.74) is 2.86. The maximum atomic E-state index is 11.6. The Bertz CT molecular complexity index is 559. The highest BCUT2D eigenvalue weighted by Gasteiger charge is 2.21. The molecule has 76 valence electrons. The number of aromatic amines is 1. The van der Waals surface area contributed by atoms with Gasteiger partial charge in [-0.05, 0) is 34.0 Å². The van der Waals surface area contributed by atoms with Crippen molar-refractivity contribution in [3.05, 3.63) is 33.9 Å². The van der Waals surface area contributed by atoms with E-state index in [0.717, 1.165) is 33.9 Å². The Labute approximate surface area is 95.0 Å². The number of rotatable bonds is 0. The molecule has 3 nitrogen and oxygen atoms in total. The van der Waals surface area contributed by atoms with E-state index >= 15 is 0 Å². The van der Waals surface area contributed by atoms with E-state index in [2.05, 4.69) is 26.2 Å². The van der Waals surface area contributed by atoms with Crippen LogP contribution >= 0.6 is 15.9 Å². The topological polar surface area (TPSA) is 44.9 Å². The van der Waals surface area contributed by atoms with Gasteiger partial charge in [0.1, 0.15) is 5.69 Å². The van der Waals surface area contributed by atoms with E-state index in [4.69, 9.17) is 0 Å². The molecule has 2 heterocycles. The smallest absolute Gasteiger partial charge is 0.268 e. The van der Waals surface area contributed by atoms with Gasteiger partial charge < -0.3 is 10.3 Å². The standard InChI is InChI=1S/C11H9BrN2O/c12-8-3-1-2-6-7-4-5-13-11(15)10(7)14-9(6)8/h1-3,14H,4-5H2,(H,13,15). The molecule has 0 atom stereocenters. The number of nitrogens with one attached hydrogen (secondary N) is 2. The van der Waals surface area contributed by atoms with E-state index in [-0.39, 0.29) is 5.91 Å². The first kappa shape index (κ1) is 8.97. The first-order chi connectivity index (χ1) is 7.27. The van der Waals surface area contributed by atoms with Crippen LogP contribution in [0.1, 0.15) is 16.1 Å². The largest absolute Gasteiger partial charge is 0.350 e. The van der Waals surface area contributed by atoms with Crippen LogP contribution in [0, 0.1) is 0 Å². The molecule has 2 aromatic rings. The highest BCUT2D eigenvalue weighted by atomic mass is 79.9. The molecule has 15 heavy (non-hydrogen) atoms. The van der Waals surface area contributed by atoms with Gasteiger partial charge in [0.2, 0.25) is 0 Å². The monoisotopic (exact) mass is 264 g/mol. The van der Waals surface area contributed by atoms with Gasteiger partial charge in [-0.25, -0.2) is 0 Å². The molecule has 0 bridgehead atoms. The van der Waals surface area contributed by atoms with Crippen LogP contribution in [0.5, 0.6) is 0 Å². The lowest BCUT2D eigenvalue weighted by Gasteiger charge is -2.11. The number of carbonyl (C=O) groups is 1. The molecule has 1 aromatic heterocycles. The van der Waals surface area contributed by atoms with Crippen molar-refractivity contribution >= 4 is 32.7 Å². The fraction of sp³-hybridized carbons (Fsp3) is 0.182. The molecule has 0 radical (unpaired) electrons. The second kappa shape index (κ2) is 3.10. The lowest BCUT2D eigenvalue weighted by Crippen LogP contribution is -2.31. The molecule has 3 rings (SSSR count). The van der Waals surface area contributed by atoms with Gasteiger partial charge in [0, 0.05) is 16.4 Å². The first-order valence-corrected chi connectivity index (χ1v) is 5.64. The van der Waals surface area contributed by atoms with Gasteiger partial charge in [-0.3, -0.25) is 4.79 Å². The maximum absolute atomic E-state index is 11.6. The molecule has 0 saturated carbocycles. The molecule has 0 fully saturated rings. The summed E-state index contributed by atoms with van der Waals surface area (Å²) >= 11 is 3.48. The highest BCUT2D eigenvalue weighted by Crippen LogP contribution is 2.29. The zero-order valence-corrected chi connectivity index (χ0v) is 9.52. The average Bonchev–Trinajstić information content (AvgIpc) is 2.60. The molecule has 2 N–H and O–H groups in total. The average molecular weight is 265 g/mol.